The monoisotopic (exact) mass is 313 g/mol. The van der Waals surface area contributed by atoms with E-state index in [1.54, 1.807) is 0 Å². The molecule has 0 spiro atoms. The zero-order valence-corrected chi connectivity index (χ0v) is 15.6. The maximum Gasteiger partial charge on any atom is 0.0682 e. The molecule has 0 heterocycles. The largest absolute Gasteiger partial charge is 0.302 e. The van der Waals surface area contributed by atoms with E-state index in [1.165, 1.54) is 103 Å². The predicted molar refractivity (Wildman–Crippen MR) is 99.2 cm³/mol. The van der Waals surface area contributed by atoms with Crippen LogP contribution in [0.4, 0.5) is 0 Å². The summed E-state index contributed by atoms with van der Waals surface area (Å²) in [6.45, 7) is 6.12. The average Bonchev–Trinajstić information content (AvgIpc) is 2.54. The van der Waals surface area contributed by atoms with E-state index in [-0.39, 0.29) is 0 Å². The second-order valence-corrected chi connectivity index (χ2v) is 6.65. The fraction of sp³-hybridized carbons (Fsp3) is 1.00. The highest BCUT2D eigenvalue weighted by Gasteiger charge is 1.94. The smallest absolute Gasteiger partial charge is 0.0682 e. The molecule has 0 saturated heterocycles. The van der Waals surface area contributed by atoms with Gasteiger partial charge in [-0.3, -0.25) is 0 Å². The first kappa shape index (κ1) is 21.9. The maximum atomic E-state index is 5.25. The van der Waals surface area contributed by atoms with Gasteiger partial charge in [-0.15, -0.1) is 0 Å². The van der Waals surface area contributed by atoms with E-state index >= 15 is 0 Å². The SMILES string of the molecule is CCCCCCCCCCCCCCCCCCONCC. The van der Waals surface area contributed by atoms with E-state index in [0.717, 1.165) is 13.2 Å². The van der Waals surface area contributed by atoms with Gasteiger partial charge in [0.25, 0.3) is 0 Å². The lowest BCUT2D eigenvalue weighted by Crippen LogP contribution is -2.14. The second kappa shape index (κ2) is 20.9. The van der Waals surface area contributed by atoms with Crippen molar-refractivity contribution in [2.75, 3.05) is 13.2 Å². The van der Waals surface area contributed by atoms with Crippen molar-refractivity contribution in [3.8, 4) is 0 Å². The molecule has 0 atom stereocenters. The van der Waals surface area contributed by atoms with Crippen LogP contribution in [0.25, 0.3) is 0 Å². The summed E-state index contributed by atoms with van der Waals surface area (Å²) in [6, 6.07) is 0. The Morgan fingerprint density at radius 1 is 0.500 bits per heavy atom. The van der Waals surface area contributed by atoms with Crippen LogP contribution in [0.15, 0.2) is 0 Å². The summed E-state index contributed by atoms with van der Waals surface area (Å²) in [4.78, 5) is 5.25. The molecule has 0 aromatic heterocycles. The molecule has 0 aromatic carbocycles. The first-order valence-corrected chi connectivity index (χ1v) is 10.3. The summed E-state index contributed by atoms with van der Waals surface area (Å²) >= 11 is 0. The Morgan fingerprint density at radius 2 is 0.864 bits per heavy atom. The number of nitrogens with one attached hydrogen (secondary N) is 1. The van der Waals surface area contributed by atoms with Crippen molar-refractivity contribution in [1.82, 2.24) is 5.48 Å². The van der Waals surface area contributed by atoms with Crippen LogP contribution in [0.2, 0.25) is 0 Å². The number of hydroxylamine groups is 1. The lowest BCUT2D eigenvalue weighted by Gasteiger charge is -2.04. The van der Waals surface area contributed by atoms with E-state index in [2.05, 4.69) is 19.3 Å². The van der Waals surface area contributed by atoms with E-state index < -0.39 is 0 Å². The van der Waals surface area contributed by atoms with Crippen LogP contribution in [0.1, 0.15) is 117 Å². The van der Waals surface area contributed by atoms with Crippen LogP contribution in [-0.4, -0.2) is 13.2 Å². The highest BCUT2D eigenvalue weighted by molar-refractivity contribution is 4.49. The van der Waals surface area contributed by atoms with Gasteiger partial charge in [0.1, 0.15) is 0 Å². The van der Waals surface area contributed by atoms with Crippen LogP contribution in [0, 0.1) is 0 Å². The molecule has 2 nitrogen and oxygen atoms in total. The Kier molecular flexibility index (Phi) is 20.8. The molecule has 0 radical (unpaired) electrons. The molecular weight excluding hydrogens is 270 g/mol. The van der Waals surface area contributed by atoms with Gasteiger partial charge >= 0.3 is 0 Å². The van der Waals surface area contributed by atoms with Crippen molar-refractivity contribution in [1.29, 1.82) is 0 Å². The number of unbranched alkanes of at least 4 members (excludes halogenated alkanes) is 15. The van der Waals surface area contributed by atoms with E-state index in [0.29, 0.717) is 0 Å². The topological polar surface area (TPSA) is 21.3 Å². The minimum atomic E-state index is 0.867. The molecular formula is C20H43NO. The van der Waals surface area contributed by atoms with Gasteiger partial charge in [0, 0.05) is 6.54 Å². The van der Waals surface area contributed by atoms with Gasteiger partial charge in [-0.25, -0.2) is 5.48 Å². The number of hydrogen-bond donors (Lipinski definition) is 1. The molecule has 1 N–H and O–H groups in total. The lowest BCUT2D eigenvalue weighted by molar-refractivity contribution is 0.0419. The second-order valence-electron chi connectivity index (χ2n) is 6.65. The third kappa shape index (κ3) is 19.9. The van der Waals surface area contributed by atoms with E-state index in [1.807, 2.05) is 0 Å². The Bertz CT molecular complexity index is 165. The molecule has 0 bridgehead atoms. The van der Waals surface area contributed by atoms with Gasteiger partial charge in [0.05, 0.1) is 6.61 Å². The summed E-state index contributed by atoms with van der Waals surface area (Å²) in [5.41, 5.74) is 2.90. The third-order valence-corrected chi connectivity index (χ3v) is 4.35. The van der Waals surface area contributed by atoms with Gasteiger partial charge in [-0.1, -0.05) is 110 Å². The van der Waals surface area contributed by atoms with Gasteiger partial charge in [-0.05, 0) is 6.42 Å². The van der Waals surface area contributed by atoms with Crippen LogP contribution < -0.4 is 5.48 Å². The molecule has 134 valence electrons. The zero-order chi connectivity index (χ0) is 16.1. The van der Waals surface area contributed by atoms with Crippen molar-refractivity contribution < 1.29 is 4.84 Å². The maximum absolute atomic E-state index is 5.25. The van der Waals surface area contributed by atoms with Crippen LogP contribution in [0.3, 0.4) is 0 Å². The molecule has 2 heteroatoms. The summed E-state index contributed by atoms with van der Waals surface area (Å²) in [5, 5.41) is 0. The lowest BCUT2D eigenvalue weighted by atomic mass is 10.0. The van der Waals surface area contributed by atoms with Crippen LogP contribution in [0.5, 0.6) is 0 Å². The van der Waals surface area contributed by atoms with Gasteiger partial charge in [0.15, 0.2) is 0 Å². The minimum Gasteiger partial charge on any atom is -0.302 e. The molecule has 0 fully saturated rings. The summed E-state index contributed by atoms with van der Waals surface area (Å²) < 4.78 is 0. The molecule has 0 aromatic rings. The standard InChI is InChI=1S/C20H43NO/c1-3-5-6-7-8-9-10-11-12-13-14-15-16-17-18-19-20-22-21-4-2/h21H,3-20H2,1-2H3. The summed E-state index contributed by atoms with van der Waals surface area (Å²) in [5.74, 6) is 0. The fourth-order valence-corrected chi connectivity index (χ4v) is 2.90. The molecule has 0 saturated carbocycles. The average molecular weight is 314 g/mol. The Morgan fingerprint density at radius 3 is 1.23 bits per heavy atom. The Hall–Kier alpha value is -0.0800. The molecule has 0 aliphatic carbocycles. The molecule has 0 amide bonds. The van der Waals surface area contributed by atoms with Crippen LogP contribution in [-0.2, 0) is 4.84 Å². The van der Waals surface area contributed by atoms with Crippen molar-refractivity contribution in [3.05, 3.63) is 0 Å². The van der Waals surface area contributed by atoms with E-state index in [4.69, 9.17) is 4.84 Å². The molecule has 22 heavy (non-hydrogen) atoms. The van der Waals surface area contributed by atoms with Gasteiger partial charge in [0.2, 0.25) is 0 Å². The van der Waals surface area contributed by atoms with Crippen molar-refractivity contribution in [3.63, 3.8) is 0 Å². The van der Waals surface area contributed by atoms with Crippen molar-refractivity contribution in [2.24, 2.45) is 0 Å². The van der Waals surface area contributed by atoms with Gasteiger partial charge < -0.3 is 4.84 Å². The van der Waals surface area contributed by atoms with Crippen molar-refractivity contribution >= 4 is 0 Å². The third-order valence-electron chi connectivity index (χ3n) is 4.35. The highest BCUT2D eigenvalue weighted by atomic mass is 16.6. The Balaban J connectivity index is 2.91. The van der Waals surface area contributed by atoms with Crippen LogP contribution >= 0.6 is 0 Å². The summed E-state index contributed by atoms with van der Waals surface area (Å²) in [6.07, 6.45) is 22.7. The number of hydrogen-bond acceptors (Lipinski definition) is 2. The highest BCUT2D eigenvalue weighted by Crippen LogP contribution is 2.13. The van der Waals surface area contributed by atoms with E-state index in [9.17, 15) is 0 Å². The van der Waals surface area contributed by atoms with Gasteiger partial charge in [-0.2, -0.15) is 0 Å². The quantitative estimate of drug-likeness (QED) is 0.209. The normalized spacial score (nSPS) is 11.2. The first-order chi connectivity index (χ1) is 10.9. The number of rotatable bonds is 19. The molecule has 0 unspecified atom stereocenters. The Labute approximate surface area is 140 Å². The molecule has 0 aliphatic heterocycles. The first-order valence-electron chi connectivity index (χ1n) is 10.3. The molecule has 0 aliphatic rings. The fourth-order valence-electron chi connectivity index (χ4n) is 2.90. The predicted octanol–water partition coefficient (Wildman–Crippen LogP) is 6.79. The summed E-state index contributed by atoms with van der Waals surface area (Å²) in [7, 11) is 0. The zero-order valence-electron chi connectivity index (χ0n) is 15.6. The van der Waals surface area contributed by atoms with Crippen molar-refractivity contribution in [2.45, 2.75) is 117 Å². The molecule has 0 rings (SSSR count). The minimum absolute atomic E-state index is 0.867.